The minimum Gasteiger partial charge on any atom is -0.348 e. The van der Waals surface area contributed by atoms with Crippen LogP contribution in [0.4, 0.5) is 0 Å². The first-order valence-electron chi connectivity index (χ1n) is 8.22. The van der Waals surface area contributed by atoms with Gasteiger partial charge in [0.1, 0.15) is 5.82 Å². The number of imidazole rings is 1. The molecule has 0 aliphatic carbocycles. The van der Waals surface area contributed by atoms with Crippen molar-refractivity contribution in [3.63, 3.8) is 0 Å². The monoisotopic (exact) mass is 315 g/mol. The smallest absolute Gasteiger partial charge is 0.274 e. The summed E-state index contributed by atoms with van der Waals surface area (Å²) in [6.45, 7) is 9.77. The minimum atomic E-state index is -0.124. The maximum Gasteiger partial charge on any atom is 0.274 e. The second-order valence-electron chi connectivity index (χ2n) is 7.32. The topological polar surface area (TPSA) is 66.8 Å². The van der Waals surface area contributed by atoms with Gasteiger partial charge in [-0.25, -0.2) is 4.98 Å². The van der Waals surface area contributed by atoms with Gasteiger partial charge >= 0.3 is 0 Å². The number of hydrogen-bond donors (Lipinski definition) is 1. The molecule has 1 aliphatic heterocycles. The van der Waals surface area contributed by atoms with Crippen LogP contribution in [0.25, 0.3) is 0 Å². The number of hydrogen-bond acceptors (Lipinski definition) is 3. The zero-order valence-corrected chi connectivity index (χ0v) is 14.3. The minimum absolute atomic E-state index is 0.0207. The molecule has 6 nitrogen and oxygen atoms in total. The normalized spacial score (nSPS) is 19.1. The molecule has 0 bridgehead atoms. The summed E-state index contributed by atoms with van der Waals surface area (Å²) < 4.78 is 1.92. The van der Waals surface area contributed by atoms with Crippen LogP contribution >= 0.6 is 0 Å². The number of amides is 1. The number of rotatable bonds is 2. The fraction of sp³-hybridized carbons (Fsp3) is 0.588. The molecule has 1 fully saturated rings. The Kier molecular flexibility index (Phi) is 4.00. The van der Waals surface area contributed by atoms with Crippen molar-refractivity contribution in [3.05, 3.63) is 35.7 Å². The third kappa shape index (κ3) is 3.16. The summed E-state index contributed by atoms with van der Waals surface area (Å²) in [7, 11) is 0. The van der Waals surface area contributed by atoms with Gasteiger partial charge in [0.25, 0.3) is 5.91 Å². The van der Waals surface area contributed by atoms with Crippen molar-refractivity contribution in [2.24, 2.45) is 0 Å². The highest BCUT2D eigenvalue weighted by molar-refractivity contribution is 5.92. The molecule has 0 radical (unpaired) electrons. The van der Waals surface area contributed by atoms with E-state index >= 15 is 0 Å². The summed E-state index contributed by atoms with van der Waals surface area (Å²) in [5, 5.41) is 4.55. The second-order valence-corrected chi connectivity index (χ2v) is 7.32. The van der Waals surface area contributed by atoms with Gasteiger partial charge in [0, 0.05) is 37.1 Å². The molecule has 124 valence electrons. The fourth-order valence-electron chi connectivity index (χ4n) is 3.31. The molecule has 0 aromatic carbocycles. The summed E-state index contributed by atoms with van der Waals surface area (Å²) in [5.74, 6) is 1.28. The molecule has 0 spiro atoms. The van der Waals surface area contributed by atoms with Crippen molar-refractivity contribution in [2.75, 3.05) is 13.1 Å². The number of aryl methyl sites for hydroxylation is 1. The highest BCUT2D eigenvalue weighted by Gasteiger charge is 2.29. The quantitative estimate of drug-likeness (QED) is 0.926. The molecule has 1 N–H and O–H groups in total. The summed E-state index contributed by atoms with van der Waals surface area (Å²) in [4.78, 5) is 22.2. The van der Waals surface area contributed by atoms with Crippen molar-refractivity contribution < 1.29 is 4.79 Å². The number of aromatic nitrogens is 4. The molecule has 2 aromatic rings. The van der Waals surface area contributed by atoms with Gasteiger partial charge in [-0.15, -0.1) is 0 Å². The van der Waals surface area contributed by atoms with E-state index in [0.717, 1.165) is 30.9 Å². The van der Waals surface area contributed by atoms with Crippen LogP contribution in [0.3, 0.4) is 0 Å². The molecule has 1 amide bonds. The van der Waals surface area contributed by atoms with E-state index in [9.17, 15) is 4.79 Å². The molecule has 1 atom stereocenters. The molecule has 3 heterocycles. The predicted molar refractivity (Wildman–Crippen MR) is 88.4 cm³/mol. The lowest BCUT2D eigenvalue weighted by Gasteiger charge is -2.31. The first kappa shape index (κ1) is 15.8. The molecular formula is C17H25N5O. The third-order valence-electron chi connectivity index (χ3n) is 4.36. The van der Waals surface area contributed by atoms with E-state index in [-0.39, 0.29) is 17.4 Å². The number of piperidine rings is 1. The Morgan fingerprint density at radius 3 is 2.78 bits per heavy atom. The fourth-order valence-corrected chi connectivity index (χ4v) is 3.31. The van der Waals surface area contributed by atoms with Gasteiger partial charge < -0.3 is 9.88 Å². The van der Waals surface area contributed by atoms with Crippen molar-refractivity contribution in [1.82, 2.24) is 24.6 Å². The number of nitrogens with zero attached hydrogens (tertiary/aromatic N) is 4. The number of nitrogens with one attached hydrogen (secondary N) is 1. The van der Waals surface area contributed by atoms with Crippen molar-refractivity contribution in [2.45, 2.75) is 52.0 Å². The van der Waals surface area contributed by atoms with E-state index in [1.54, 1.807) is 6.20 Å². The number of carbonyl (C=O) groups excluding carboxylic acids is 1. The molecular weight excluding hydrogens is 290 g/mol. The Labute approximate surface area is 136 Å². The molecule has 23 heavy (non-hydrogen) atoms. The summed E-state index contributed by atoms with van der Waals surface area (Å²) in [6, 6.07) is 1.89. The van der Waals surface area contributed by atoms with Crippen LogP contribution in [0.15, 0.2) is 18.5 Å². The predicted octanol–water partition coefficient (Wildman–Crippen LogP) is 2.69. The van der Waals surface area contributed by atoms with Gasteiger partial charge in [0.15, 0.2) is 5.69 Å². The van der Waals surface area contributed by atoms with Crippen LogP contribution < -0.4 is 0 Å². The van der Waals surface area contributed by atoms with Crippen LogP contribution in [0.5, 0.6) is 0 Å². The molecule has 0 saturated carbocycles. The summed E-state index contributed by atoms with van der Waals surface area (Å²) in [6.07, 6.45) is 5.66. The maximum atomic E-state index is 12.8. The average Bonchev–Trinajstić information content (AvgIpc) is 3.15. The van der Waals surface area contributed by atoms with Gasteiger partial charge in [0.05, 0.1) is 5.54 Å². The Morgan fingerprint density at radius 2 is 2.17 bits per heavy atom. The zero-order chi connectivity index (χ0) is 16.6. The van der Waals surface area contributed by atoms with E-state index in [0.29, 0.717) is 12.2 Å². The molecule has 1 saturated heterocycles. The van der Waals surface area contributed by atoms with E-state index in [1.165, 1.54) is 0 Å². The lowest BCUT2D eigenvalue weighted by Crippen LogP contribution is -2.39. The Hall–Kier alpha value is -2.11. The molecule has 6 heteroatoms. The van der Waals surface area contributed by atoms with Crippen molar-refractivity contribution in [1.29, 1.82) is 0 Å². The molecule has 3 rings (SSSR count). The van der Waals surface area contributed by atoms with Crippen LogP contribution in [0, 0.1) is 6.92 Å². The van der Waals surface area contributed by atoms with Crippen molar-refractivity contribution in [3.8, 4) is 0 Å². The van der Waals surface area contributed by atoms with E-state index < -0.39 is 0 Å². The van der Waals surface area contributed by atoms with E-state index in [2.05, 4.69) is 35.8 Å². The van der Waals surface area contributed by atoms with Crippen LogP contribution in [0.2, 0.25) is 0 Å². The van der Waals surface area contributed by atoms with Crippen LogP contribution in [-0.4, -0.2) is 43.6 Å². The third-order valence-corrected chi connectivity index (χ3v) is 4.36. The maximum absolute atomic E-state index is 12.8. The highest BCUT2D eigenvalue weighted by atomic mass is 16.2. The summed E-state index contributed by atoms with van der Waals surface area (Å²) >= 11 is 0. The van der Waals surface area contributed by atoms with E-state index in [1.807, 2.05) is 28.8 Å². The lowest BCUT2D eigenvalue weighted by molar-refractivity contribution is 0.0697. The van der Waals surface area contributed by atoms with Gasteiger partial charge in [-0.1, -0.05) is 0 Å². The average molecular weight is 315 g/mol. The van der Waals surface area contributed by atoms with Gasteiger partial charge in [0.2, 0.25) is 0 Å². The highest BCUT2D eigenvalue weighted by Crippen LogP contribution is 2.26. The first-order chi connectivity index (χ1) is 10.9. The first-order valence-corrected chi connectivity index (χ1v) is 8.22. The largest absolute Gasteiger partial charge is 0.348 e. The number of likely N-dealkylation sites (tertiary alicyclic amines) is 1. The lowest BCUT2D eigenvalue weighted by atomic mass is 9.97. The summed E-state index contributed by atoms with van der Waals surface area (Å²) in [5.41, 5.74) is 1.43. The second kappa shape index (κ2) is 5.83. The van der Waals surface area contributed by atoms with Crippen molar-refractivity contribution >= 4 is 5.91 Å². The van der Waals surface area contributed by atoms with Gasteiger partial charge in [-0.05, 0) is 46.6 Å². The standard InChI is InChI=1S/C17H25N5O/c1-12-10-14(20-22(12)17(2,3)4)16(23)21-9-5-6-13(11-21)15-18-7-8-19-15/h7-8,10,13H,5-6,9,11H2,1-4H3,(H,18,19). The number of aromatic amines is 1. The van der Waals surface area contributed by atoms with Gasteiger partial charge in [-0.2, -0.15) is 5.10 Å². The Morgan fingerprint density at radius 1 is 1.39 bits per heavy atom. The van der Waals surface area contributed by atoms with Gasteiger partial charge in [-0.3, -0.25) is 9.48 Å². The van der Waals surface area contributed by atoms with Crippen LogP contribution in [0.1, 0.15) is 61.5 Å². The number of carbonyl (C=O) groups is 1. The Balaban J connectivity index is 1.78. The van der Waals surface area contributed by atoms with Crippen LogP contribution in [-0.2, 0) is 5.54 Å². The van der Waals surface area contributed by atoms with E-state index in [4.69, 9.17) is 0 Å². The molecule has 2 aromatic heterocycles. The SMILES string of the molecule is Cc1cc(C(=O)N2CCCC(c3ncc[nH]3)C2)nn1C(C)(C)C. The zero-order valence-electron chi connectivity index (χ0n) is 14.3. The Bertz CT molecular complexity index is 680. The molecule has 1 unspecified atom stereocenters. The molecule has 1 aliphatic rings. The number of H-pyrrole nitrogens is 1.